The summed E-state index contributed by atoms with van der Waals surface area (Å²) < 4.78 is 37.4. The first-order valence-electron chi connectivity index (χ1n) is 4.89. The van der Waals surface area contributed by atoms with Crippen LogP contribution >= 0.6 is 11.6 Å². The van der Waals surface area contributed by atoms with Crippen molar-refractivity contribution in [1.82, 2.24) is 14.9 Å². The van der Waals surface area contributed by atoms with Gasteiger partial charge in [-0.15, -0.1) is 0 Å². The molecule has 1 aliphatic rings. The summed E-state index contributed by atoms with van der Waals surface area (Å²) in [5.41, 5.74) is 0.387. The summed E-state index contributed by atoms with van der Waals surface area (Å²) in [4.78, 5) is 18.3. The smallest absolute Gasteiger partial charge is 0.451 e. The van der Waals surface area contributed by atoms with Gasteiger partial charge in [-0.05, 0) is 6.42 Å². The van der Waals surface area contributed by atoms with Gasteiger partial charge in [-0.2, -0.15) is 13.2 Å². The molecule has 0 saturated heterocycles. The summed E-state index contributed by atoms with van der Waals surface area (Å²) in [5, 5.41) is 8.52. The minimum Gasteiger partial charge on any atom is -0.465 e. The lowest BCUT2D eigenvalue weighted by Gasteiger charge is -2.26. The number of alkyl halides is 3. The number of carbonyl (C=O) groups is 1. The van der Waals surface area contributed by atoms with E-state index in [0.717, 1.165) is 4.90 Å². The number of hydrogen-bond acceptors (Lipinski definition) is 3. The largest absolute Gasteiger partial charge is 0.465 e. The summed E-state index contributed by atoms with van der Waals surface area (Å²) in [6.45, 7) is -0.0488. The van der Waals surface area contributed by atoms with E-state index in [4.69, 9.17) is 16.7 Å². The summed E-state index contributed by atoms with van der Waals surface area (Å²) >= 11 is 5.66. The van der Waals surface area contributed by atoms with Gasteiger partial charge in [0.25, 0.3) is 0 Å². The third kappa shape index (κ3) is 2.33. The number of hydrogen-bond donors (Lipinski definition) is 1. The van der Waals surface area contributed by atoms with Gasteiger partial charge in [0.2, 0.25) is 5.82 Å². The molecule has 1 amide bonds. The molecule has 0 spiro atoms. The average molecular weight is 282 g/mol. The van der Waals surface area contributed by atoms with Crippen molar-refractivity contribution >= 4 is 17.7 Å². The number of carboxylic acid groups (broad SMARTS) is 1. The Labute approximate surface area is 104 Å². The van der Waals surface area contributed by atoms with Crippen molar-refractivity contribution in [2.24, 2.45) is 0 Å². The Kier molecular flexibility index (Phi) is 3.05. The van der Waals surface area contributed by atoms with Crippen LogP contribution < -0.4 is 0 Å². The van der Waals surface area contributed by atoms with Crippen LogP contribution in [0.2, 0.25) is 5.15 Å². The number of rotatable bonds is 0. The third-order valence-electron chi connectivity index (χ3n) is 2.54. The molecular weight excluding hydrogens is 275 g/mol. The zero-order valence-electron chi connectivity index (χ0n) is 8.83. The molecule has 98 valence electrons. The lowest BCUT2D eigenvalue weighted by atomic mass is 10.1. The highest BCUT2D eigenvalue weighted by molar-refractivity contribution is 6.30. The second kappa shape index (κ2) is 4.27. The molecule has 0 saturated carbocycles. The van der Waals surface area contributed by atoms with Gasteiger partial charge in [0.1, 0.15) is 5.15 Å². The fraction of sp³-hybridized carbons (Fsp3) is 0.444. The van der Waals surface area contributed by atoms with Crippen LogP contribution in [0.1, 0.15) is 17.1 Å². The van der Waals surface area contributed by atoms with E-state index in [2.05, 4.69) is 9.97 Å². The molecule has 5 nitrogen and oxygen atoms in total. The van der Waals surface area contributed by atoms with Gasteiger partial charge in [0, 0.05) is 12.1 Å². The third-order valence-corrected chi connectivity index (χ3v) is 2.85. The molecule has 0 radical (unpaired) electrons. The minimum absolute atomic E-state index is 0.0102. The van der Waals surface area contributed by atoms with Crippen LogP contribution in [0.15, 0.2) is 0 Å². The molecule has 9 heteroatoms. The Hall–Kier alpha value is -1.57. The second-order valence-corrected chi connectivity index (χ2v) is 4.07. The van der Waals surface area contributed by atoms with E-state index < -0.39 is 18.1 Å². The first kappa shape index (κ1) is 12.9. The van der Waals surface area contributed by atoms with Crippen LogP contribution in [-0.4, -0.2) is 32.6 Å². The Morgan fingerprint density at radius 2 is 2.06 bits per heavy atom. The first-order chi connectivity index (χ1) is 8.29. The maximum atomic E-state index is 12.5. The molecule has 2 rings (SSSR count). The molecule has 1 aromatic rings. The van der Waals surface area contributed by atoms with Crippen LogP contribution in [0.25, 0.3) is 0 Å². The highest BCUT2D eigenvalue weighted by Crippen LogP contribution is 2.31. The van der Waals surface area contributed by atoms with Crippen LogP contribution in [0, 0.1) is 0 Å². The van der Waals surface area contributed by atoms with Gasteiger partial charge >= 0.3 is 12.3 Å². The lowest BCUT2D eigenvalue weighted by molar-refractivity contribution is -0.145. The standard InChI is InChI=1S/C9H7ClF3N3O2/c10-6-4-1-2-16(8(17)18)3-5(4)14-7(15-6)9(11,12)13/h1-3H2,(H,17,18). The van der Waals surface area contributed by atoms with Crippen LogP contribution in [0.4, 0.5) is 18.0 Å². The van der Waals surface area contributed by atoms with E-state index in [1.165, 1.54) is 0 Å². The van der Waals surface area contributed by atoms with Gasteiger partial charge in [0.15, 0.2) is 0 Å². The average Bonchev–Trinajstić information content (AvgIpc) is 2.26. The summed E-state index contributed by atoms with van der Waals surface area (Å²) in [6.07, 6.45) is -5.70. The molecule has 0 fully saturated rings. The van der Waals surface area contributed by atoms with E-state index in [1.807, 2.05) is 0 Å². The fourth-order valence-corrected chi connectivity index (χ4v) is 1.96. The summed E-state index contributed by atoms with van der Waals surface area (Å²) in [7, 11) is 0. The first-order valence-corrected chi connectivity index (χ1v) is 5.27. The van der Waals surface area contributed by atoms with Gasteiger partial charge < -0.3 is 10.0 Å². The molecule has 2 heterocycles. The molecule has 0 aromatic carbocycles. The topological polar surface area (TPSA) is 66.3 Å². The number of fused-ring (bicyclic) bond motifs is 1. The fourth-order valence-electron chi connectivity index (χ4n) is 1.67. The van der Waals surface area contributed by atoms with Crippen molar-refractivity contribution in [3.8, 4) is 0 Å². The number of amides is 1. The van der Waals surface area contributed by atoms with Gasteiger partial charge in [-0.1, -0.05) is 11.6 Å². The van der Waals surface area contributed by atoms with Crippen LogP contribution in [0.5, 0.6) is 0 Å². The predicted octanol–water partition coefficient (Wildman–Crippen LogP) is 2.18. The summed E-state index contributed by atoms with van der Waals surface area (Å²) in [6, 6.07) is 0. The van der Waals surface area contributed by atoms with Crippen LogP contribution in [-0.2, 0) is 19.1 Å². The monoisotopic (exact) mass is 281 g/mol. The normalized spacial score (nSPS) is 15.4. The predicted molar refractivity (Wildman–Crippen MR) is 54.2 cm³/mol. The van der Waals surface area contributed by atoms with E-state index in [0.29, 0.717) is 5.56 Å². The molecule has 1 N–H and O–H groups in total. The van der Waals surface area contributed by atoms with Crippen molar-refractivity contribution < 1.29 is 23.1 Å². The molecule has 1 aromatic heterocycles. The maximum absolute atomic E-state index is 12.5. The minimum atomic E-state index is -4.70. The molecule has 0 bridgehead atoms. The van der Waals surface area contributed by atoms with E-state index in [9.17, 15) is 18.0 Å². The van der Waals surface area contributed by atoms with Crippen molar-refractivity contribution in [2.75, 3.05) is 6.54 Å². The van der Waals surface area contributed by atoms with Crippen molar-refractivity contribution in [1.29, 1.82) is 0 Å². The highest BCUT2D eigenvalue weighted by Gasteiger charge is 2.37. The van der Waals surface area contributed by atoms with Crippen molar-refractivity contribution in [2.45, 2.75) is 19.1 Å². The number of halogens is 4. The van der Waals surface area contributed by atoms with Crippen molar-refractivity contribution in [3.63, 3.8) is 0 Å². The van der Waals surface area contributed by atoms with Gasteiger partial charge in [-0.25, -0.2) is 14.8 Å². The summed E-state index contributed by atoms with van der Waals surface area (Å²) in [5.74, 6) is -1.35. The Morgan fingerprint density at radius 3 is 2.61 bits per heavy atom. The van der Waals surface area contributed by atoms with Crippen molar-refractivity contribution in [3.05, 3.63) is 22.2 Å². The van der Waals surface area contributed by atoms with E-state index in [1.54, 1.807) is 0 Å². The quantitative estimate of drug-likeness (QED) is 0.740. The van der Waals surface area contributed by atoms with Gasteiger partial charge in [-0.3, -0.25) is 0 Å². The second-order valence-electron chi connectivity index (χ2n) is 3.72. The molecule has 0 aliphatic carbocycles. The zero-order valence-corrected chi connectivity index (χ0v) is 9.59. The van der Waals surface area contributed by atoms with E-state index >= 15 is 0 Å². The maximum Gasteiger partial charge on any atom is 0.451 e. The Bertz CT molecular complexity index is 507. The molecule has 1 aliphatic heterocycles. The molecule has 0 unspecified atom stereocenters. The molecular formula is C9H7ClF3N3O2. The molecule has 0 atom stereocenters. The number of aromatic nitrogens is 2. The highest BCUT2D eigenvalue weighted by atomic mass is 35.5. The van der Waals surface area contributed by atoms with Gasteiger partial charge in [0.05, 0.1) is 12.2 Å². The molecule has 18 heavy (non-hydrogen) atoms. The SMILES string of the molecule is O=C(O)N1CCc2c(Cl)nc(C(F)(F)F)nc2C1. The lowest BCUT2D eigenvalue weighted by Crippen LogP contribution is -2.36. The van der Waals surface area contributed by atoms with E-state index in [-0.39, 0.29) is 30.4 Å². The Morgan fingerprint density at radius 1 is 1.39 bits per heavy atom. The number of nitrogens with zero attached hydrogens (tertiary/aromatic N) is 3. The Balaban J connectivity index is 2.43. The van der Waals surface area contributed by atoms with Crippen LogP contribution in [0.3, 0.4) is 0 Å². The zero-order chi connectivity index (χ0) is 13.5.